The highest BCUT2D eigenvalue weighted by atomic mass is 16.5. The molecule has 1 aliphatic heterocycles. The molecular weight excluding hydrogens is 258 g/mol. The predicted molar refractivity (Wildman–Crippen MR) is 68.8 cm³/mol. The molecular formula is C14H13N3O3. The molecule has 6 heteroatoms. The van der Waals surface area contributed by atoms with Gasteiger partial charge in [-0.1, -0.05) is 12.2 Å². The van der Waals surface area contributed by atoms with Crippen LogP contribution in [0.1, 0.15) is 6.42 Å². The highest BCUT2D eigenvalue weighted by Crippen LogP contribution is 2.52. The van der Waals surface area contributed by atoms with Crippen LogP contribution in [0.3, 0.4) is 0 Å². The molecule has 1 saturated heterocycles. The standard InChI is InChI=1S/C14H13N3O3/c1-20-10-5-4-9(15-16-10)17-13(18)11-7-2-3-8(6-7)12(11)14(17)19/h2-5,7-8,11-12H,6H2,1H3/t7-,8-,11+,12+/m0/s1. The first-order valence-electron chi connectivity index (χ1n) is 6.64. The lowest BCUT2D eigenvalue weighted by Crippen LogP contribution is -2.33. The molecule has 20 heavy (non-hydrogen) atoms. The van der Waals surface area contributed by atoms with Gasteiger partial charge in [-0.15, -0.1) is 10.2 Å². The van der Waals surface area contributed by atoms with E-state index in [0.717, 1.165) is 6.42 Å². The Hall–Kier alpha value is -2.24. The third-order valence-corrected chi connectivity index (χ3v) is 4.53. The quantitative estimate of drug-likeness (QED) is 0.587. The second-order valence-corrected chi connectivity index (χ2v) is 5.45. The zero-order valence-corrected chi connectivity index (χ0v) is 10.9. The van der Waals surface area contributed by atoms with Crippen LogP contribution in [-0.4, -0.2) is 29.1 Å². The molecule has 3 aliphatic rings. The van der Waals surface area contributed by atoms with E-state index in [2.05, 4.69) is 22.3 Å². The highest BCUT2D eigenvalue weighted by Gasteiger charge is 2.59. The minimum Gasteiger partial charge on any atom is -0.480 e. The molecule has 0 N–H and O–H groups in total. The maximum absolute atomic E-state index is 12.5. The van der Waals surface area contributed by atoms with Gasteiger partial charge in [0, 0.05) is 6.07 Å². The van der Waals surface area contributed by atoms with Gasteiger partial charge in [-0.2, -0.15) is 0 Å². The number of nitrogens with zero attached hydrogens (tertiary/aromatic N) is 3. The molecule has 1 aromatic heterocycles. The smallest absolute Gasteiger partial charge is 0.239 e. The van der Waals surface area contributed by atoms with Crippen molar-refractivity contribution in [2.24, 2.45) is 23.7 Å². The van der Waals surface area contributed by atoms with Crippen molar-refractivity contribution in [3.63, 3.8) is 0 Å². The van der Waals surface area contributed by atoms with Crippen LogP contribution in [0.25, 0.3) is 0 Å². The van der Waals surface area contributed by atoms with Gasteiger partial charge in [-0.3, -0.25) is 9.59 Å². The van der Waals surface area contributed by atoms with Crippen molar-refractivity contribution in [2.45, 2.75) is 6.42 Å². The summed E-state index contributed by atoms with van der Waals surface area (Å²) >= 11 is 0. The van der Waals surface area contributed by atoms with Crippen molar-refractivity contribution in [1.82, 2.24) is 10.2 Å². The van der Waals surface area contributed by atoms with Crippen LogP contribution in [-0.2, 0) is 9.59 Å². The summed E-state index contributed by atoms with van der Waals surface area (Å²) < 4.78 is 4.93. The first kappa shape index (κ1) is 11.6. The molecule has 4 rings (SSSR count). The number of aromatic nitrogens is 2. The first-order chi connectivity index (χ1) is 9.70. The van der Waals surface area contributed by atoms with Crippen LogP contribution in [0.15, 0.2) is 24.3 Å². The van der Waals surface area contributed by atoms with Gasteiger partial charge in [0.1, 0.15) is 0 Å². The highest BCUT2D eigenvalue weighted by molar-refractivity contribution is 6.22. The normalized spacial score (nSPS) is 34.0. The van der Waals surface area contributed by atoms with E-state index >= 15 is 0 Å². The van der Waals surface area contributed by atoms with Crippen molar-refractivity contribution >= 4 is 17.6 Å². The first-order valence-corrected chi connectivity index (χ1v) is 6.64. The fourth-order valence-electron chi connectivity index (χ4n) is 3.67. The molecule has 6 nitrogen and oxygen atoms in total. The number of ether oxygens (including phenoxy) is 1. The van der Waals surface area contributed by atoms with Crippen LogP contribution >= 0.6 is 0 Å². The number of methoxy groups -OCH3 is 1. The van der Waals surface area contributed by atoms with Crippen LogP contribution in [0.5, 0.6) is 5.88 Å². The molecule has 0 spiro atoms. The lowest BCUT2D eigenvalue weighted by Gasteiger charge is -2.15. The maximum atomic E-state index is 12.5. The van der Waals surface area contributed by atoms with Gasteiger partial charge in [-0.25, -0.2) is 4.90 Å². The Bertz CT molecular complexity index is 595. The molecule has 2 aliphatic carbocycles. The molecule has 2 fully saturated rings. The monoisotopic (exact) mass is 271 g/mol. The maximum Gasteiger partial charge on any atom is 0.239 e. The van der Waals surface area contributed by atoms with E-state index in [4.69, 9.17) is 4.74 Å². The van der Waals surface area contributed by atoms with Gasteiger partial charge in [0.25, 0.3) is 0 Å². The van der Waals surface area contributed by atoms with E-state index in [1.807, 2.05) is 0 Å². The Morgan fingerprint density at radius 2 is 1.75 bits per heavy atom. The second kappa shape index (κ2) is 3.88. The molecule has 1 saturated carbocycles. The number of anilines is 1. The Morgan fingerprint density at radius 1 is 1.10 bits per heavy atom. The molecule has 0 unspecified atom stereocenters. The van der Waals surface area contributed by atoms with E-state index in [0.29, 0.717) is 5.88 Å². The summed E-state index contributed by atoms with van der Waals surface area (Å²) in [6, 6.07) is 3.20. The van der Waals surface area contributed by atoms with Crippen LogP contribution < -0.4 is 9.64 Å². The van der Waals surface area contributed by atoms with Crippen molar-refractivity contribution < 1.29 is 14.3 Å². The number of carbonyl (C=O) groups excluding carboxylic acids is 2. The lowest BCUT2D eigenvalue weighted by molar-refractivity contribution is -0.123. The number of carbonyl (C=O) groups is 2. The van der Waals surface area contributed by atoms with Crippen LogP contribution in [0, 0.1) is 23.7 Å². The zero-order valence-electron chi connectivity index (χ0n) is 10.9. The second-order valence-electron chi connectivity index (χ2n) is 5.45. The fourth-order valence-corrected chi connectivity index (χ4v) is 3.67. The number of hydrogen-bond acceptors (Lipinski definition) is 5. The molecule has 2 bridgehead atoms. The van der Waals surface area contributed by atoms with Gasteiger partial charge < -0.3 is 4.74 Å². The average Bonchev–Trinajstić information content (AvgIpc) is 3.14. The summed E-state index contributed by atoms with van der Waals surface area (Å²) in [5.41, 5.74) is 0. The summed E-state index contributed by atoms with van der Waals surface area (Å²) in [5, 5.41) is 7.74. The summed E-state index contributed by atoms with van der Waals surface area (Å²) in [5.74, 6) is 0.357. The molecule has 4 atom stereocenters. The van der Waals surface area contributed by atoms with Crippen molar-refractivity contribution in [2.75, 3.05) is 12.0 Å². The Balaban J connectivity index is 1.70. The van der Waals surface area contributed by atoms with Gasteiger partial charge in [-0.05, 0) is 24.3 Å². The topological polar surface area (TPSA) is 72.4 Å². The van der Waals surface area contributed by atoms with Gasteiger partial charge >= 0.3 is 0 Å². The summed E-state index contributed by atoms with van der Waals surface area (Å²) in [6.45, 7) is 0. The largest absolute Gasteiger partial charge is 0.480 e. The number of allylic oxidation sites excluding steroid dienone is 2. The van der Waals surface area contributed by atoms with E-state index in [1.165, 1.54) is 12.0 Å². The fraction of sp³-hybridized carbons (Fsp3) is 0.429. The van der Waals surface area contributed by atoms with Gasteiger partial charge in [0.05, 0.1) is 18.9 Å². The third-order valence-electron chi connectivity index (χ3n) is 4.53. The Morgan fingerprint density at radius 3 is 2.25 bits per heavy atom. The summed E-state index contributed by atoms with van der Waals surface area (Å²) in [7, 11) is 1.49. The van der Waals surface area contributed by atoms with Crippen molar-refractivity contribution in [1.29, 1.82) is 0 Å². The zero-order chi connectivity index (χ0) is 13.9. The van der Waals surface area contributed by atoms with Crippen LogP contribution in [0.2, 0.25) is 0 Å². The number of fused-ring (bicyclic) bond motifs is 5. The molecule has 1 aromatic rings. The predicted octanol–water partition coefficient (Wildman–Crippen LogP) is 0.797. The molecule has 0 aromatic carbocycles. The number of hydrogen-bond donors (Lipinski definition) is 0. The van der Waals surface area contributed by atoms with Crippen LogP contribution in [0.4, 0.5) is 5.82 Å². The molecule has 102 valence electrons. The minimum absolute atomic E-state index is 0.142. The molecule has 0 radical (unpaired) electrons. The summed E-state index contributed by atoms with van der Waals surface area (Å²) in [4.78, 5) is 26.2. The Kier molecular flexibility index (Phi) is 2.24. The van der Waals surface area contributed by atoms with Gasteiger partial charge in [0.2, 0.25) is 17.7 Å². The van der Waals surface area contributed by atoms with Crippen molar-refractivity contribution in [3.8, 4) is 5.88 Å². The number of imide groups is 1. The lowest BCUT2D eigenvalue weighted by atomic mass is 9.85. The number of amides is 2. The van der Waals surface area contributed by atoms with E-state index < -0.39 is 0 Å². The molecule has 2 amide bonds. The molecule has 2 heterocycles. The summed E-state index contributed by atoms with van der Waals surface area (Å²) in [6.07, 6.45) is 5.06. The average molecular weight is 271 g/mol. The Labute approximate surface area is 115 Å². The minimum atomic E-state index is -0.207. The number of rotatable bonds is 2. The van der Waals surface area contributed by atoms with E-state index in [1.54, 1.807) is 12.1 Å². The van der Waals surface area contributed by atoms with E-state index in [9.17, 15) is 9.59 Å². The third kappa shape index (κ3) is 1.33. The van der Waals surface area contributed by atoms with Gasteiger partial charge in [0.15, 0.2) is 5.82 Å². The van der Waals surface area contributed by atoms with Crippen molar-refractivity contribution in [3.05, 3.63) is 24.3 Å². The van der Waals surface area contributed by atoms with E-state index in [-0.39, 0.29) is 41.3 Å². The SMILES string of the molecule is COc1ccc(N2C(=O)[C@H]3[C@H](C2=O)[C@H]2C=C[C@H]3C2)nn1.